The van der Waals surface area contributed by atoms with E-state index < -0.39 is 0 Å². The SMILES string of the molecule is Cc1cccc(C(=O)c2c(NC(=O)C3=COCCO3)sc3c2CCCC3)c1. The predicted octanol–water partition coefficient (Wildman–Crippen LogP) is 3.99. The summed E-state index contributed by atoms with van der Waals surface area (Å²) >= 11 is 1.51. The third kappa shape index (κ3) is 3.62. The van der Waals surface area contributed by atoms with Gasteiger partial charge in [-0.3, -0.25) is 9.59 Å². The summed E-state index contributed by atoms with van der Waals surface area (Å²) in [6, 6.07) is 7.57. The number of rotatable bonds is 4. The summed E-state index contributed by atoms with van der Waals surface area (Å²) in [5.41, 5.74) is 3.40. The quantitative estimate of drug-likeness (QED) is 0.811. The lowest BCUT2D eigenvalue weighted by molar-refractivity contribution is -0.117. The highest BCUT2D eigenvalue weighted by atomic mass is 32.1. The van der Waals surface area contributed by atoms with Gasteiger partial charge in [-0.25, -0.2) is 0 Å². The van der Waals surface area contributed by atoms with Crippen molar-refractivity contribution in [2.24, 2.45) is 0 Å². The van der Waals surface area contributed by atoms with Crippen molar-refractivity contribution in [3.05, 3.63) is 63.4 Å². The highest BCUT2D eigenvalue weighted by Gasteiger charge is 2.28. The van der Waals surface area contributed by atoms with Gasteiger partial charge in [-0.1, -0.05) is 23.8 Å². The number of fused-ring (bicyclic) bond motifs is 1. The first-order valence-electron chi connectivity index (χ1n) is 9.15. The zero-order chi connectivity index (χ0) is 18.8. The highest BCUT2D eigenvalue weighted by molar-refractivity contribution is 7.17. The van der Waals surface area contributed by atoms with E-state index in [9.17, 15) is 9.59 Å². The second kappa shape index (κ2) is 7.56. The Morgan fingerprint density at radius 2 is 2.00 bits per heavy atom. The van der Waals surface area contributed by atoms with Gasteiger partial charge in [0, 0.05) is 10.4 Å². The van der Waals surface area contributed by atoms with Crippen LogP contribution in [0.25, 0.3) is 0 Å². The monoisotopic (exact) mass is 383 g/mol. The van der Waals surface area contributed by atoms with E-state index in [0.717, 1.165) is 36.8 Å². The minimum atomic E-state index is -0.383. The molecular weight excluding hydrogens is 362 g/mol. The Balaban J connectivity index is 1.71. The van der Waals surface area contributed by atoms with Crippen LogP contribution in [0.3, 0.4) is 0 Å². The molecule has 1 aromatic heterocycles. The molecule has 0 bridgehead atoms. The van der Waals surface area contributed by atoms with E-state index in [0.29, 0.717) is 29.3 Å². The minimum absolute atomic E-state index is 0.0387. The topological polar surface area (TPSA) is 64.6 Å². The first-order valence-corrected chi connectivity index (χ1v) is 9.97. The van der Waals surface area contributed by atoms with Crippen molar-refractivity contribution >= 4 is 28.0 Å². The molecular formula is C21H21NO4S. The number of amides is 1. The molecule has 1 N–H and O–H groups in total. The fraction of sp³-hybridized carbons (Fsp3) is 0.333. The molecule has 1 aliphatic heterocycles. The van der Waals surface area contributed by atoms with Crippen molar-refractivity contribution in [2.45, 2.75) is 32.6 Å². The van der Waals surface area contributed by atoms with Crippen LogP contribution in [0.1, 0.15) is 44.8 Å². The molecule has 140 valence electrons. The number of ketones is 1. The third-order valence-electron chi connectivity index (χ3n) is 4.78. The maximum absolute atomic E-state index is 13.3. The van der Waals surface area contributed by atoms with Crippen LogP contribution in [0.2, 0.25) is 0 Å². The van der Waals surface area contributed by atoms with Crippen LogP contribution >= 0.6 is 11.3 Å². The van der Waals surface area contributed by atoms with Gasteiger partial charge in [0.2, 0.25) is 5.76 Å². The molecule has 4 rings (SSSR count). The number of anilines is 1. The van der Waals surface area contributed by atoms with Crippen molar-refractivity contribution in [3.63, 3.8) is 0 Å². The molecule has 0 spiro atoms. The number of carbonyl (C=O) groups is 2. The first-order chi connectivity index (χ1) is 13.1. The fourth-order valence-corrected chi connectivity index (χ4v) is 4.76. The second-order valence-corrected chi connectivity index (χ2v) is 7.87. The molecule has 0 unspecified atom stereocenters. The van der Waals surface area contributed by atoms with Crippen LogP contribution < -0.4 is 5.32 Å². The van der Waals surface area contributed by atoms with E-state index in [-0.39, 0.29) is 17.4 Å². The molecule has 2 aliphatic rings. The highest BCUT2D eigenvalue weighted by Crippen LogP contribution is 2.39. The van der Waals surface area contributed by atoms with Crippen molar-refractivity contribution in [1.82, 2.24) is 0 Å². The van der Waals surface area contributed by atoms with E-state index in [1.165, 1.54) is 22.5 Å². The molecule has 1 amide bonds. The standard InChI is InChI=1S/C21H21NO4S/c1-13-5-4-6-14(11-13)19(23)18-15-7-2-3-8-17(15)27-21(18)22-20(24)16-12-25-9-10-26-16/h4-6,11-12H,2-3,7-10H2,1H3,(H,22,24). The Labute approximate surface area is 162 Å². The molecule has 2 aromatic rings. The number of hydrogen-bond donors (Lipinski definition) is 1. The molecule has 27 heavy (non-hydrogen) atoms. The number of benzene rings is 1. The Bertz CT molecular complexity index is 928. The van der Waals surface area contributed by atoms with Crippen LogP contribution in [-0.4, -0.2) is 24.9 Å². The first kappa shape index (κ1) is 17.8. The van der Waals surface area contributed by atoms with Gasteiger partial charge >= 0.3 is 0 Å². The van der Waals surface area contributed by atoms with Gasteiger partial charge < -0.3 is 14.8 Å². The van der Waals surface area contributed by atoms with Gasteiger partial charge in [0.15, 0.2) is 5.78 Å². The van der Waals surface area contributed by atoms with Crippen molar-refractivity contribution < 1.29 is 19.1 Å². The van der Waals surface area contributed by atoms with E-state index in [4.69, 9.17) is 9.47 Å². The molecule has 1 aliphatic carbocycles. The molecule has 0 atom stereocenters. The van der Waals surface area contributed by atoms with Crippen LogP contribution in [-0.2, 0) is 27.1 Å². The van der Waals surface area contributed by atoms with Gasteiger partial charge in [0.05, 0.1) is 5.56 Å². The lowest BCUT2D eigenvalue weighted by Gasteiger charge is -2.15. The van der Waals surface area contributed by atoms with Crippen molar-refractivity contribution in [2.75, 3.05) is 18.5 Å². The summed E-state index contributed by atoms with van der Waals surface area (Å²) < 4.78 is 10.5. The minimum Gasteiger partial charge on any atom is -0.494 e. The van der Waals surface area contributed by atoms with Gasteiger partial charge in [-0.15, -0.1) is 11.3 Å². The van der Waals surface area contributed by atoms with Gasteiger partial charge in [-0.05, 0) is 44.2 Å². The number of thiophene rings is 1. The molecule has 5 nitrogen and oxygen atoms in total. The Morgan fingerprint density at radius 3 is 2.78 bits per heavy atom. The van der Waals surface area contributed by atoms with E-state index in [1.807, 2.05) is 31.2 Å². The maximum atomic E-state index is 13.3. The number of nitrogens with one attached hydrogen (secondary N) is 1. The van der Waals surface area contributed by atoms with E-state index in [1.54, 1.807) is 0 Å². The number of carbonyl (C=O) groups excluding carboxylic acids is 2. The van der Waals surface area contributed by atoms with Crippen LogP contribution in [0.15, 0.2) is 36.3 Å². The third-order valence-corrected chi connectivity index (χ3v) is 5.99. The van der Waals surface area contributed by atoms with Crippen molar-refractivity contribution in [3.8, 4) is 0 Å². The summed E-state index contributed by atoms with van der Waals surface area (Å²) in [5, 5.41) is 3.49. The molecule has 0 fully saturated rings. The van der Waals surface area contributed by atoms with E-state index >= 15 is 0 Å². The normalized spacial score (nSPS) is 15.8. The fourth-order valence-electron chi connectivity index (χ4n) is 3.48. The summed E-state index contributed by atoms with van der Waals surface area (Å²) in [5.74, 6) is -0.281. The lowest BCUT2D eigenvalue weighted by Crippen LogP contribution is -2.21. The second-order valence-electron chi connectivity index (χ2n) is 6.77. The molecule has 1 aromatic carbocycles. The molecule has 2 heterocycles. The summed E-state index contributed by atoms with van der Waals surface area (Å²) in [7, 11) is 0. The number of hydrogen-bond acceptors (Lipinski definition) is 5. The van der Waals surface area contributed by atoms with Crippen LogP contribution in [0.4, 0.5) is 5.00 Å². The maximum Gasteiger partial charge on any atom is 0.294 e. The molecule has 0 radical (unpaired) electrons. The Kier molecular flexibility index (Phi) is 4.99. The van der Waals surface area contributed by atoms with Crippen LogP contribution in [0, 0.1) is 6.92 Å². The molecule has 6 heteroatoms. The Hall–Kier alpha value is -2.60. The average Bonchev–Trinajstić information content (AvgIpc) is 3.05. The summed E-state index contributed by atoms with van der Waals surface area (Å²) in [6.45, 7) is 2.74. The van der Waals surface area contributed by atoms with Crippen molar-refractivity contribution in [1.29, 1.82) is 0 Å². The van der Waals surface area contributed by atoms with Crippen LogP contribution in [0.5, 0.6) is 0 Å². The summed E-state index contributed by atoms with van der Waals surface area (Å²) in [4.78, 5) is 27.0. The summed E-state index contributed by atoms with van der Waals surface area (Å²) in [6.07, 6.45) is 5.33. The number of aryl methyl sites for hydroxylation is 2. The van der Waals surface area contributed by atoms with Gasteiger partial charge in [0.1, 0.15) is 24.5 Å². The van der Waals surface area contributed by atoms with E-state index in [2.05, 4.69) is 5.32 Å². The smallest absolute Gasteiger partial charge is 0.294 e. The largest absolute Gasteiger partial charge is 0.494 e. The zero-order valence-electron chi connectivity index (χ0n) is 15.2. The number of ether oxygens (including phenoxy) is 2. The van der Waals surface area contributed by atoms with Gasteiger partial charge in [0.25, 0.3) is 5.91 Å². The van der Waals surface area contributed by atoms with Gasteiger partial charge in [-0.2, -0.15) is 0 Å². The average molecular weight is 383 g/mol. The Morgan fingerprint density at radius 1 is 1.15 bits per heavy atom. The molecule has 0 saturated carbocycles. The molecule has 0 saturated heterocycles. The lowest BCUT2D eigenvalue weighted by atomic mass is 9.91. The predicted molar refractivity (Wildman–Crippen MR) is 104 cm³/mol. The zero-order valence-corrected chi connectivity index (χ0v) is 16.0.